The number of unbranched alkanes of at least 4 members (excludes halogenated alkanes) is 1. The third-order valence-corrected chi connectivity index (χ3v) is 2.19. The van der Waals surface area contributed by atoms with Crippen molar-refractivity contribution >= 4 is 0 Å². The van der Waals surface area contributed by atoms with Crippen LogP contribution >= 0.6 is 0 Å². The second-order valence-corrected chi connectivity index (χ2v) is 3.59. The molecule has 0 radical (unpaired) electrons. The Bertz CT molecular complexity index is 103. The first kappa shape index (κ1) is 17.2. The summed E-state index contributed by atoms with van der Waals surface area (Å²) in [7, 11) is 0. The first-order chi connectivity index (χ1) is 7.12. The van der Waals surface area contributed by atoms with Gasteiger partial charge in [-0.1, -0.05) is 26.7 Å². The van der Waals surface area contributed by atoms with Crippen molar-refractivity contribution in [1.82, 2.24) is 0 Å². The quantitative estimate of drug-likeness (QED) is 0.482. The van der Waals surface area contributed by atoms with E-state index in [0.29, 0.717) is 12.3 Å². The maximum absolute atomic E-state index is 8.55. The van der Waals surface area contributed by atoms with Gasteiger partial charge in [0.1, 0.15) is 0 Å². The van der Waals surface area contributed by atoms with Gasteiger partial charge in [0, 0.05) is 13.2 Å². The number of hydrogen-bond donors (Lipinski definition) is 4. The average molecular weight is 222 g/mol. The first-order valence-corrected chi connectivity index (χ1v) is 5.70. The largest absolute Gasteiger partial charge is 0.396 e. The molecule has 4 heteroatoms. The number of hydrogen-bond acceptors (Lipinski definition) is 4. The third kappa shape index (κ3) is 16.5. The minimum Gasteiger partial charge on any atom is -0.396 e. The molecule has 0 aliphatic carbocycles. The summed E-state index contributed by atoms with van der Waals surface area (Å²) in [6.45, 7) is 4.43. The van der Waals surface area contributed by atoms with Crippen molar-refractivity contribution in [1.29, 1.82) is 0 Å². The summed E-state index contributed by atoms with van der Waals surface area (Å²) in [4.78, 5) is 0. The van der Waals surface area contributed by atoms with Crippen LogP contribution < -0.4 is 0 Å². The van der Waals surface area contributed by atoms with Gasteiger partial charge in [0.15, 0.2) is 6.29 Å². The molecule has 4 nitrogen and oxygen atoms in total. The average Bonchev–Trinajstić information content (AvgIpc) is 2.23. The van der Waals surface area contributed by atoms with Crippen LogP contribution in [0, 0.1) is 5.92 Å². The molecule has 94 valence electrons. The van der Waals surface area contributed by atoms with Gasteiger partial charge in [-0.05, 0) is 25.2 Å². The molecule has 4 N–H and O–H groups in total. The molecule has 0 saturated carbocycles. The normalized spacial score (nSPS) is 12.2. The molecule has 0 rings (SSSR count). The standard InChI is InChI=1S/C6H14O2.C5H12O2/c1-2-6(5-8)3-4-7;1-2-3-4-5(6)7/h6-8H,2-5H2,1H3;5-7H,2-4H2,1H3. The molecule has 0 saturated heterocycles. The van der Waals surface area contributed by atoms with Gasteiger partial charge in [-0.25, -0.2) is 0 Å². The maximum atomic E-state index is 8.55. The highest BCUT2D eigenvalue weighted by Crippen LogP contribution is 2.04. The van der Waals surface area contributed by atoms with Crippen LogP contribution in [0.3, 0.4) is 0 Å². The van der Waals surface area contributed by atoms with Crippen LogP contribution in [0.1, 0.15) is 46.0 Å². The minimum absolute atomic E-state index is 0.194. The predicted octanol–water partition coefficient (Wildman–Crippen LogP) is 0.875. The molecule has 1 atom stereocenters. The van der Waals surface area contributed by atoms with Crippen molar-refractivity contribution in [3.63, 3.8) is 0 Å². The van der Waals surface area contributed by atoms with Crippen LogP contribution in [-0.2, 0) is 0 Å². The van der Waals surface area contributed by atoms with Crippen molar-refractivity contribution in [3.05, 3.63) is 0 Å². The van der Waals surface area contributed by atoms with E-state index in [2.05, 4.69) is 0 Å². The Morgan fingerprint density at radius 3 is 1.73 bits per heavy atom. The lowest BCUT2D eigenvalue weighted by Crippen LogP contribution is -2.05. The van der Waals surface area contributed by atoms with Crippen molar-refractivity contribution in [2.75, 3.05) is 13.2 Å². The molecule has 0 spiro atoms. The summed E-state index contributed by atoms with van der Waals surface area (Å²) in [5.41, 5.74) is 0. The Labute approximate surface area is 92.6 Å². The monoisotopic (exact) mass is 222 g/mol. The number of aliphatic hydroxyl groups excluding tert-OH is 3. The van der Waals surface area contributed by atoms with E-state index in [1.54, 1.807) is 0 Å². The Hall–Kier alpha value is -0.160. The van der Waals surface area contributed by atoms with Gasteiger partial charge in [0.05, 0.1) is 0 Å². The van der Waals surface area contributed by atoms with E-state index in [4.69, 9.17) is 20.4 Å². The summed E-state index contributed by atoms with van der Waals surface area (Å²) < 4.78 is 0. The molecule has 0 heterocycles. The fourth-order valence-electron chi connectivity index (χ4n) is 0.994. The van der Waals surface area contributed by atoms with E-state index in [1.165, 1.54) is 0 Å². The van der Waals surface area contributed by atoms with E-state index in [9.17, 15) is 0 Å². The lowest BCUT2D eigenvalue weighted by molar-refractivity contribution is -0.0463. The molecule has 1 unspecified atom stereocenters. The lowest BCUT2D eigenvalue weighted by atomic mass is 10.1. The van der Waals surface area contributed by atoms with Crippen molar-refractivity contribution in [2.24, 2.45) is 5.92 Å². The molecule has 0 aromatic rings. The molecule has 0 aliphatic rings. The van der Waals surface area contributed by atoms with Crippen LogP contribution in [0.2, 0.25) is 0 Å². The van der Waals surface area contributed by atoms with Crippen LogP contribution in [0.25, 0.3) is 0 Å². The summed E-state index contributed by atoms with van der Waals surface area (Å²) in [6, 6.07) is 0. The van der Waals surface area contributed by atoms with Gasteiger partial charge in [-0.3, -0.25) is 0 Å². The van der Waals surface area contributed by atoms with Crippen LogP contribution in [0.4, 0.5) is 0 Å². The minimum atomic E-state index is -1.10. The molecule has 0 fully saturated rings. The fraction of sp³-hybridized carbons (Fsp3) is 1.00. The highest BCUT2D eigenvalue weighted by Gasteiger charge is 2.00. The lowest BCUT2D eigenvalue weighted by Gasteiger charge is -2.06. The van der Waals surface area contributed by atoms with E-state index >= 15 is 0 Å². The van der Waals surface area contributed by atoms with Gasteiger partial charge >= 0.3 is 0 Å². The number of rotatable bonds is 7. The summed E-state index contributed by atoms with van der Waals surface area (Å²) in [6.07, 6.45) is 3.02. The molecule has 15 heavy (non-hydrogen) atoms. The van der Waals surface area contributed by atoms with Crippen molar-refractivity contribution in [2.45, 2.75) is 52.2 Å². The molecule has 0 aliphatic heterocycles. The fourth-order valence-corrected chi connectivity index (χ4v) is 0.994. The second-order valence-electron chi connectivity index (χ2n) is 3.59. The van der Waals surface area contributed by atoms with Gasteiger partial charge in [0.2, 0.25) is 0 Å². The highest BCUT2D eigenvalue weighted by atomic mass is 16.5. The summed E-state index contributed by atoms with van der Waals surface area (Å²) in [5, 5.41) is 33.4. The summed E-state index contributed by atoms with van der Waals surface area (Å²) >= 11 is 0. The van der Waals surface area contributed by atoms with E-state index in [-0.39, 0.29) is 13.2 Å². The van der Waals surface area contributed by atoms with Gasteiger partial charge in [-0.15, -0.1) is 0 Å². The predicted molar refractivity (Wildman–Crippen MR) is 60.3 cm³/mol. The SMILES string of the molecule is CCC(CO)CCO.CCCCC(O)O. The highest BCUT2D eigenvalue weighted by molar-refractivity contribution is 4.52. The zero-order chi connectivity index (χ0) is 12.1. The van der Waals surface area contributed by atoms with Crippen molar-refractivity contribution in [3.8, 4) is 0 Å². The van der Waals surface area contributed by atoms with Crippen LogP contribution in [-0.4, -0.2) is 39.9 Å². The molecule has 0 amide bonds. The van der Waals surface area contributed by atoms with Gasteiger partial charge in [0.25, 0.3) is 0 Å². The molecular weight excluding hydrogens is 196 g/mol. The number of aliphatic hydroxyl groups is 4. The van der Waals surface area contributed by atoms with Gasteiger partial charge < -0.3 is 20.4 Å². The van der Waals surface area contributed by atoms with E-state index in [0.717, 1.165) is 25.7 Å². The van der Waals surface area contributed by atoms with E-state index in [1.807, 2.05) is 13.8 Å². The topological polar surface area (TPSA) is 80.9 Å². The summed E-state index contributed by atoms with van der Waals surface area (Å²) in [5.74, 6) is 0.306. The zero-order valence-electron chi connectivity index (χ0n) is 9.89. The van der Waals surface area contributed by atoms with Gasteiger partial charge in [-0.2, -0.15) is 0 Å². The maximum Gasteiger partial charge on any atom is 0.151 e. The molecule has 0 aromatic heterocycles. The Morgan fingerprint density at radius 1 is 1.00 bits per heavy atom. The third-order valence-electron chi connectivity index (χ3n) is 2.19. The zero-order valence-corrected chi connectivity index (χ0v) is 9.89. The van der Waals surface area contributed by atoms with Crippen molar-refractivity contribution < 1.29 is 20.4 Å². The molecule has 0 aromatic carbocycles. The molecular formula is C11H26O4. The Kier molecular flexibility index (Phi) is 15.9. The smallest absolute Gasteiger partial charge is 0.151 e. The van der Waals surface area contributed by atoms with Crippen LogP contribution in [0.15, 0.2) is 0 Å². The molecule has 0 bridgehead atoms. The van der Waals surface area contributed by atoms with Crippen LogP contribution in [0.5, 0.6) is 0 Å². The van der Waals surface area contributed by atoms with E-state index < -0.39 is 6.29 Å². The Balaban J connectivity index is 0. The second kappa shape index (κ2) is 13.8. The first-order valence-electron chi connectivity index (χ1n) is 5.70. The Morgan fingerprint density at radius 2 is 1.60 bits per heavy atom.